The molecule has 5 rings (SSSR count). The van der Waals surface area contributed by atoms with Gasteiger partial charge < -0.3 is 4.42 Å². The number of urea groups is 2. The number of nitrogens with one attached hydrogen (secondary N) is 1. The standard InChI is InChI=1S/C21H13N3O3/c25-20-22-24(21(26)23(20)14-8-2-1-3-9-14)19-15-10-4-6-12-17(15)27-18-13-7-5-11-16(18)19/h1-13H/p+1. The van der Waals surface area contributed by atoms with Crippen molar-refractivity contribution in [2.45, 2.75) is 0 Å². The lowest BCUT2D eigenvalue weighted by atomic mass is 10.1. The van der Waals surface area contributed by atoms with Gasteiger partial charge >= 0.3 is 12.1 Å². The summed E-state index contributed by atoms with van der Waals surface area (Å²) in [5.41, 5.74) is 4.45. The van der Waals surface area contributed by atoms with Gasteiger partial charge in [-0.15, -0.1) is 10.3 Å². The number of hydrogen-bond acceptors (Lipinski definition) is 3. The van der Waals surface area contributed by atoms with Gasteiger partial charge in [0.1, 0.15) is 16.9 Å². The van der Waals surface area contributed by atoms with Crippen LogP contribution in [0.2, 0.25) is 0 Å². The topological polar surface area (TPSA) is 65.6 Å². The number of fused-ring (bicyclic) bond motifs is 2. The molecule has 0 atom stereocenters. The molecule has 0 aliphatic carbocycles. The first-order chi connectivity index (χ1) is 13.2. The van der Waals surface area contributed by atoms with E-state index in [-0.39, 0.29) is 0 Å². The molecule has 4 amide bonds. The Balaban J connectivity index is 1.88. The molecule has 1 aromatic heterocycles. The number of imide groups is 1. The fourth-order valence-corrected chi connectivity index (χ4v) is 3.34. The number of amides is 4. The molecule has 0 saturated carbocycles. The smallest absolute Gasteiger partial charge is 0.456 e. The molecule has 1 aliphatic rings. The van der Waals surface area contributed by atoms with Crippen LogP contribution in [0.3, 0.4) is 0 Å². The maximum Gasteiger partial charge on any atom is 0.532 e. The molecular formula is C21H14N3O3+. The Hall–Kier alpha value is -3.93. The van der Waals surface area contributed by atoms with E-state index in [1.807, 2.05) is 54.6 Å². The minimum atomic E-state index is -0.500. The van der Waals surface area contributed by atoms with Crippen LogP contribution in [-0.4, -0.2) is 12.1 Å². The average molecular weight is 356 g/mol. The molecule has 2 heterocycles. The van der Waals surface area contributed by atoms with Crippen LogP contribution in [0.25, 0.3) is 21.9 Å². The van der Waals surface area contributed by atoms with Crippen LogP contribution in [0, 0.1) is 0 Å². The largest absolute Gasteiger partial charge is 0.532 e. The molecule has 6 heteroatoms. The van der Waals surface area contributed by atoms with Crippen molar-refractivity contribution >= 4 is 39.7 Å². The summed E-state index contributed by atoms with van der Waals surface area (Å²) >= 11 is 0. The number of rotatable bonds is 1. The van der Waals surface area contributed by atoms with Crippen molar-refractivity contribution in [1.29, 1.82) is 0 Å². The van der Waals surface area contributed by atoms with E-state index in [0.717, 1.165) is 15.7 Å². The van der Waals surface area contributed by atoms with Gasteiger partial charge in [0, 0.05) is 0 Å². The van der Waals surface area contributed by atoms with Gasteiger partial charge in [0.25, 0.3) is 0 Å². The second kappa shape index (κ2) is 5.81. The zero-order valence-electron chi connectivity index (χ0n) is 14.1. The van der Waals surface area contributed by atoms with Gasteiger partial charge in [-0.25, -0.2) is 4.79 Å². The van der Waals surface area contributed by atoms with Crippen LogP contribution < -0.4 is 20.4 Å². The highest BCUT2D eigenvalue weighted by molar-refractivity contribution is 6.18. The third-order valence-electron chi connectivity index (χ3n) is 4.54. The molecule has 0 spiro atoms. The lowest BCUT2D eigenvalue weighted by Crippen LogP contribution is -2.40. The zero-order chi connectivity index (χ0) is 18.4. The molecule has 3 aromatic carbocycles. The minimum absolute atomic E-state index is 0.465. The van der Waals surface area contributed by atoms with Crippen LogP contribution in [0.15, 0.2) is 83.3 Å². The van der Waals surface area contributed by atoms with Gasteiger partial charge in [-0.3, -0.25) is 0 Å². The summed E-state index contributed by atoms with van der Waals surface area (Å²) in [5, 5.41) is 2.06. The molecule has 130 valence electrons. The SMILES string of the molecule is O=C1N[N+](=c2c3ccccc3oc3ccccc23)C(=O)N1c1ccccc1. The molecule has 0 radical (unpaired) electrons. The summed E-state index contributed by atoms with van der Waals surface area (Å²) < 4.78 is 7.24. The van der Waals surface area contributed by atoms with Gasteiger partial charge in [-0.2, -0.15) is 4.79 Å². The van der Waals surface area contributed by atoms with Crippen molar-refractivity contribution < 1.29 is 14.0 Å². The van der Waals surface area contributed by atoms with E-state index in [2.05, 4.69) is 5.43 Å². The first kappa shape index (κ1) is 15.3. The van der Waals surface area contributed by atoms with E-state index in [4.69, 9.17) is 4.42 Å². The Bertz CT molecular complexity index is 1240. The van der Waals surface area contributed by atoms with Crippen molar-refractivity contribution in [2.75, 3.05) is 4.90 Å². The van der Waals surface area contributed by atoms with Gasteiger partial charge in [0.05, 0.1) is 10.8 Å². The summed E-state index contributed by atoms with van der Waals surface area (Å²) in [5.74, 6) is 0. The average Bonchev–Trinajstić information content (AvgIpc) is 3.00. The zero-order valence-corrected chi connectivity index (χ0v) is 14.1. The monoisotopic (exact) mass is 356 g/mol. The molecule has 27 heavy (non-hydrogen) atoms. The van der Waals surface area contributed by atoms with Gasteiger partial charge in [-0.1, -0.05) is 47.1 Å². The van der Waals surface area contributed by atoms with Crippen molar-refractivity contribution in [3.05, 3.63) is 84.2 Å². The summed E-state index contributed by atoms with van der Waals surface area (Å²) in [4.78, 5) is 26.8. The molecule has 1 aliphatic heterocycles. The summed E-state index contributed by atoms with van der Waals surface area (Å²) in [6.07, 6.45) is 0. The Morgan fingerprint density at radius 2 is 1.30 bits per heavy atom. The van der Waals surface area contributed by atoms with E-state index in [0.29, 0.717) is 22.2 Å². The molecule has 6 nitrogen and oxygen atoms in total. The summed E-state index contributed by atoms with van der Waals surface area (Å²) in [6.45, 7) is 0. The van der Waals surface area contributed by atoms with Crippen LogP contribution in [0.5, 0.6) is 0 Å². The predicted molar refractivity (Wildman–Crippen MR) is 102 cm³/mol. The van der Waals surface area contributed by atoms with Gasteiger partial charge in [-0.05, 0) is 36.4 Å². The fourth-order valence-electron chi connectivity index (χ4n) is 3.34. The maximum absolute atomic E-state index is 13.1. The van der Waals surface area contributed by atoms with Crippen molar-refractivity contribution in [3.8, 4) is 0 Å². The van der Waals surface area contributed by atoms with Crippen LogP contribution in [0.1, 0.15) is 0 Å². The molecule has 1 saturated heterocycles. The number of para-hydroxylation sites is 3. The van der Waals surface area contributed by atoms with Crippen molar-refractivity contribution in [1.82, 2.24) is 10.1 Å². The number of anilines is 1. The van der Waals surface area contributed by atoms with Crippen LogP contribution in [-0.2, 0) is 0 Å². The van der Waals surface area contributed by atoms with Crippen molar-refractivity contribution in [2.24, 2.45) is 0 Å². The Labute approximate surface area is 153 Å². The molecule has 1 N–H and O–H groups in total. The number of carbonyl (C=O) groups excluding carboxylic acids is 2. The lowest BCUT2D eigenvalue weighted by molar-refractivity contribution is 0.245. The molecule has 0 bridgehead atoms. The molecular weight excluding hydrogens is 342 g/mol. The van der Waals surface area contributed by atoms with Crippen LogP contribution in [0.4, 0.5) is 15.3 Å². The number of hydrazine groups is 1. The number of benzene rings is 3. The molecule has 4 aromatic rings. The maximum atomic E-state index is 13.1. The van der Waals surface area contributed by atoms with E-state index >= 15 is 0 Å². The Morgan fingerprint density at radius 3 is 1.93 bits per heavy atom. The Morgan fingerprint density at radius 1 is 0.741 bits per heavy atom. The molecule has 1 fully saturated rings. The highest BCUT2D eigenvalue weighted by atomic mass is 16.3. The van der Waals surface area contributed by atoms with Crippen LogP contribution >= 0.6 is 0 Å². The summed E-state index contributed by atoms with van der Waals surface area (Å²) in [6, 6.07) is 22.7. The second-order valence-electron chi connectivity index (χ2n) is 6.15. The lowest BCUT2D eigenvalue weighted by Gasteiger charge is -2.04. The van der Waals surface area contributed by atoms with Crippen molar-refractivity contribution in [3.63, 3.8) is 0 Å². The van der Waals surface area contributed by atoms with Gasteiger partial charge in [0.2, 0.25) is 0 Å². The van der Waals surface area contributed by atoms with E-state index in [1.54, 1.807) is 24.3 Å². The van der Waals surface area contributed by atoms with E-state index in [9.17, 15) is 9.59 Å². The minimum Gasteiger partial charge on any atom is -0.456 e. The highest BCUT2D eigenvalue weighted by Gasteiger charge is 2.45. The second-order valence-corrected chi connectivity index (χ2v) is 6.15. The van der Waals surface area contributed by atoms with E-state index < -0.39 is 12.1 Å². The first-order valence-electron chi connectivity index (χ1n) is 8.47. The number of carbonyl (C=O) groups is 2. The normalized spacial score (nSPS) is 14.2. The number of nitrogens with zero attached hydrogens (tertiary/aromatic N) is 2. The van der Waals surface area contributed by atoms with E-state index in [1.165, 1.54) is 4.68 Å². The third-order valence-corrected chi connectivity index (χ3v) is 4.54. The highest BCUT2D eigenvalue weighted by Crippen LogP contribution is 2.20. The predicted octanol–water partition coefficient (Wildman–Crippen LogP) is 3.62. The molecule has 0 unspecified atom stereocenters. The number of hydrogen-bond donors (Lipinski definition) is 1. The Kier molecular flexibility index (Phi) is 3.30. The van der Waals surface area contributed by atoms with Gasteiger partial charge in [0.15, 0.2) is 5.36 Å². The fraction of sp³-hybridized carbons (Fsp3) is 0. The quantitative estimate of drug-likeness (QED) is 0.418. The third kappa shape index (κ3) is 2.31. The first-order valence-corrected chi connectivity index (χ1v) is 8.47. The summed E-state index contributed by atoms with van der Waals surface area (Å²) in [7, 11) is 0.